The maximum Gasteiger partial charge on any atom is 0.0900 e. The summed E-state index contributed by atoms with van der Waals surface area (Å²) in [7, 11) is 0. The number of hydrogen-bond acceptors (Lipinski definition) is 4. The van der Waals surface area contributed by atoms with Crippen LogP contribution in [0.5, 0.6) is 0 Å². The Hall–Kier alpha value is -1.81. The standard InChI is InChI=1S/C31H49N3O/c1-2-3-4-13-22-35-23-14-12-17-30-25-34-31(26-33-30)28-20-21-29(32-24-28)16-11-9-7-5-6-8-10-15-27-18-19-27/h20-21,24-27H,2-19,22-23H2,1H3. The van der Waals surface area contributed by atoms with E-state index in [9.17, 15) is 0 Å². The largest absolute Gasteiger partial charge is 0.381 e. The minimum Gasteiger partial charge on any atom is -0.381 e. The van der Waals surface area contributed by atoms with Crippen LogP contribution in [0.2, 0.25) is 0 Å². The maximum absolute atomic E-state index is 5.72. The van der Waals surface area contributed by atoms with Crippen LogP contribution in [-0.4, -0.2) is 28.2 Å². The first-order valence-corrected chi connectivity index (χ1v) is 14.7. The van der Waals surface area contributed by atoms with Crippen LogP contribution >= 0.6 is 0 Å². The molecular formula is C31H49N3O. The molecule has 0 saturated heterocycles. The molecule has 0 unspecified atom stereocenters. The van der Waals surface area contributed by atoms with Crippen molar-refractivity contribution < 1.29 is 4.74 Å². The lowest BCUT2D eigenvalue weighted by Gasteiger charge is -2.06. The highest BCUT2D eigenvalue weighted by atomic mass is 16.5. The second-order valence-corrected chi connectivity index (χ2v) is 10.5. The van der Waals surface area contributed by atoms with Crippen molar-refractivity contribution in [3.8, 4) is 11.3 Å². The average molecular weight is 480 g/mol. The summed E-state index contributed by atoms with van der Waals surface area (Å²) in [6, 6.07) is 4.30. The van der Waals surface area contributed by atoms with Crippen molar-refractivity contribution in [3.05, 3.63) is 42.1 Å². The van der Waals surface area contributed by atoms with Gasteiger partial charge in [-0.05, 0) is 56.6 Å². The summed E-state index contributed by atoms with van der Waals surface area (Å²) in [4.78, 5) is 13.9. The van der Waals surface area contributed by atoms with Gasteiger partial charge in [0, 0.05) is 36.9 Å². The normalized spacial score (nSPS) is 13.4. The predicted octanol–water partition coefficient (Wildman–Crippen LogP) is 8.53. The molecule has 0 radical (unpaired) electrons. The highest BCUT2D eigenvalue weighted by Gasteiger charge is 2.19. The average Bonchev–Trinajstić information content (AvgIpc) is 3.72. The van der Waals surface area contributed by atoms with Crippen LogP contribution in [0.4, 0.5) is 0 Å². The van der Waals surface area contributed by atoms with Crippen LogP contribution in [0, 0.1) is 5.92 Å². The molecule has 2 aromatic heterocycles. The summed E-state index contributed by atoms with van der Waals surface area (Å²) < 4.78 is 5.72. The summed E-state index contributed by atoms with van der Waals surface area (Å²) in [6.45, 7) is 4.00. The molecule has 1 fully saturated rings. The summed E-state index contributed by atoms with van der Waals surface area (Å²) >= 11 is 0. The molecule has 4 nitrogen and oxygen atoms in total. The highest BCUT2D eigenvalue weighted by molar-refractivity contribution is 5.56. The van der Waals surface area contributed by atoms with Crippen LogP contribution in [0.25, 0.3) is 11.3 Å². The molecule has 2 aromatic rings. The molecule has 0 atom stereocenters. The van der Waals surface area contributed by atoms with Crippen LogP contribution in [-0.2, 0) is 17.6 Å². The van der Waals surface area contributed by atoms with E-state index in [1.165, 1.54) is 95.6 Å². The predicted molar refractivity (Wildman–Crippen MR) is 147 cm³/mol. The van der Waals surface area contributed by atoms with Crippen molar-refractivity contribution in [1.82, 2.24) is 15.0 Å². The minimum atomic E-state index is 0.857. The van der Waals surface area contributed by atoms with Crippen molar-refractivity contribution in [2.45, 2.75) is 122 Å². The second kappa shape index (κ2) is 17.6. The van der Waals surface area contributed by atoms with Crippen molar-refractivity contribution in [2.75, 3.05) is 13.2 Å². The number of aromatic nitrogens is 3. The lowest BCUT2D eigenvalue weighted by atomic mass is 10.0. The van der Waals surface area contributed by atoms with E-state index in [4.69, 9.17) is 4.74 Å². The molecule has 0 amide bonds. The summed E-state index contributed by atoms with van der Waals surface area (Å²) in [5.41, 5.74) is 4.21. The van der Waals surface area contributed by atoms with E-state index < -0.39 is 0 Å². The van der Waals surface area contributed by atoms with Crippen molar-refractivity contribution in [1.29, 1.82) is 0 Å². The van der Waals surface area contributed by atoms with Gasteiger partial charge in [0.05, 0.1) is 17.6 Å². The lowest BCUT2D eigenvalue weighted by molar-refractivity contribution is 0.126. The van der Waals surface area contributed by atoms with Crippen molar-refractivity contribution in [2.24, 2.45) is 5.92 Å². The maximum atomic E-state index is 5.72. The van der Waals surface area contributed by atoms with E-state index in [0.29, 0.717) is 0 Å². The highest BCUT2D eigenvalue weighted by Crippen LogP contribution is 2.34. The topological polar surface area (TPSA) is 47.9 Å². The third kappa shape index (κ3) is 12.6. The van der Waals surface area contributed by atoms with Gasteiger partial charge < -0.3 is 4.74 Å². The monoisotopic (exact) mass is 479 g/mol. The molecule has 1 saturated carbocycles. The number of rotatable bonds is 21. The van der Waals surface area contributed by atoms with Crippen LogP contribution < -0.4 is 0 Å². The number of nitrogens with zero attached hydrogens (tertiary/aromatic N) is 3. The van der Waals surface area contributed by atoms with Gasteiger partial charge in [-0.1, -0.05) is 84.0 Å². The molecule has 0 spiro atoms. The molecule has 4 heteroatoms. The van der Waals surface area contributed by atoms with E-state index in [1.54, 1.807) is 0 Å². The molecule has 0 N–H and O–H groups in total. The van der Waals surface area contributed by atoms with Gasteiger partial charge in [0.25, 0.3) is 0 Å². The zero-order valence-electron chi connectivity index (χ0n) is 22.4. The SMILES string of the molecule is CCCCCCOCCCCc1cnc(-c2ccc(CCCCCCCCCC3CC3)nc2)cn1. The molecule has 35 heavy (non-hydrogen) atoms. The Kier molecular flexibility index (Phi) is 14.0. The second-order valence-electron chi connectivity index (χ2n) is 10.5. The Balaban J connectivity index is 1.22. The van der Waals surface area contributed by atoms with Crippen LogP contribution in [0.3, 0.4) is 0 Å². The molecule has 2 heterocycles. The Morgan fingerprint density at radius 3 is 2.00 bits per heavy atom. The van der Waals surface area contributed by atoms with E-state index in [1.807, 2.05) is 18.6 Å². The third-order valence-electron chi connectivity index (χ3n) is 7.18. The van der Waals surface area contributed by atoms with Crippen molar-refractivity contribution in [3.63, 3.8) is 0 Å². The van der Waals surface area contributed by atoms with Crippen LogP contribution in [0.15, 0.2) is 30.7 Å². The van der Waals surface area contributed by atoms with Crippen LogP contribution in [0.1, 0.15) is 121 Å². The van der Waals surface area contributed by atoms with Gasteiger partial charge in [0.15, 0.2) is 0 Å². The lowest BCUT2D eigenvalue weighted by Crippen LogP contribution is -1.99. The van der Waals surface area contributed by atoms with Gasteiger partial charge in [0.1, 0.15) is 0 Å². The number of aryl methyl sites for hydroxylation is 2. The molecular weight excluding hydrogens is 430 g/mol. The zero-order valence-corrected chi connectivity index (χ0v) is 22.4. The molecule has 0 bridgehead atoms. The first-order valence-electron chi connectivity index (χ1n) is 14.7. The summed E-state index contributed by atoms with van der Waals surface area (Å²) in [5, 5.41) is 0. The van der Waals surface area contributed by atoms with E-state index in [2.05, 4.69) is 34.0 Å². The van der Waals surface area contributed by atoms with E-state index in [0.717, 1.165) is 61.8 Å². The van der Waals surface area contributed by atoms with Gasteiger partial charge in [-0.2, -0.15) is 0 Å². The number of unbranched alkanes of at least 4 members (excludes halogenated alkanes) is 10. The van der Waals surface area contributed by atoms with Gasteiger partial charge in [0.2, 0.25) is 0 Å². The van der Waals surface area contributed by atoms with Gasteiger partial charge >= 0.3 is 0 Å². The Bertz CT molecular complexity index is 771. The number of ether oxygens (including phenoxy) is 1. The fraction of sp³-hybridized carbons (Fsp3) is 0.710. The smallest absolute Gasteiger partial charge is 0.0900 e. The fourth-order valence-corrected chi connectivity index (χ4v) is 4.63. The molecule has 1 aliphatic rings. The zero-order chi connectivity index (χ0) is 24.4. The first kappa shape index (κ1) is 27.8. The molecule has 0 aliphatic heterocycles. The Labute approximate surface area is 214 Å². The van der Waals surface area contributed by atoms with Gasteiger partial charge in [-0.25, -0.2) is 0 Å². The molecule has 194 valence electrons. The first-order chi connectivity index (χ1) is 17.3. The molecule has 3 rings (SSSR count). The summed E-state index contributed by atoms with van der Waals surface area (Å²) in [6.07, 6.45) is 29.2. The van der Waals surface area contributed by atoms with Gasteiger partial charge in [-0.3, -0.25) is 15.0 Å². The number of hydrogen-bond donors (Lipinski definition) is 0. The Morgan fingerprint density at radius 1 is 0.657 bits per heavy atom. The number of pyridine rings is 1. The van der Waals surface area contributed by atoms with Crippen molar-refractivity contribution >= 4 is 0 Å². The fourth-order valence-electron chi connectivity index (χ4n) is 4.63. The minimum absolute atomic E-state index is 0.857. The van der Waals surface area contributed by atoms with E-state index >= 15 is 0 Å². The molecule has 1 aliphatic carbocycles. The van der Waals surface area contributed by atoms with E-state index in [-0.39, 0.29) is 0 Å². The quantitative estimate of drug-likeness (QED) is 0.168. The molecule has 0 aromatic carbocycles. The Morgan fingerprint density at radius 2 is 1.31 bits per heavy atom. The summed E-state index contributed by atoms with van der Waals surface area (Å²) in [5.74, 6) is 1.10. The van der Waals surface area contributed by atoms with Gasteiger partial charge in [-0.15, -0.1) is 0 Å². The third-order valence-corrected chi connectivity index (χ3v) is 7.18.